The number of hydrogen-bond acceptors (Lipinski definition) is 2. The highest BCUT2D eigenvalue weighted by molar-refractivity contribution is 5.89. The summed E-state index contributed by atoms with van der Waals surface area (Å²) in [5.41, 5.74) is 0.487. The van der Waals surface area contributed by atoms with Gasteiger partial charge >= 0.3 is 6.03 Å². The summed E-state index contributed by atoms with van der Waals surface area (Å²) in [6.07, 6.45) is 0. The molecular formula is C12H16FN3O. The molecule has 1 aromatic carbocycles. The number of nitrogens with one attached hydrogen (secondary N) is 2. The zero-order valence-electron chi connectivity index (χ0n) is 9.74. The molecule has 1 aliphatic rings. The number of amides is 2. The predicted octanol–water partition coefficient (Wildman–Crippen LogP) is 1.65. The molecule has 0 unspecified atom stereocenters. The summed E-state index contributed by atoms with van der Waals surface area (Å²) in [6.45, 7) is 4.23. The van der Waals surface area contributed by atoms with Gasteiger partial charge in [-0.05, 0) is 25.1 Å². The number of carbonyl (C=O) groups excluding carboxylic acids is 1. The molecule has 92 valence electrons. The number of likely N-dealkylation sites (N-methyl/N-ethyl adjacent to an activating group) is 1. The summed E-state index contributed by atoms with van der Waals surface area (Å²) in [5.74, 6) is -0.351. The molecule has 1 heterocycles. The molecule has 0 radical (unpaired) electrons. The van der Waals surface area contributed by atoms with E-state index in [0.29, 0.717) is 12.2 Å². The SMILES string of the molecule is CCN(C(=O)Nc1cccc(F)c1)C1CNC1. The van der Waals surface area contributed by atoms with Gasteiger partial charge in [-0.3, -0.25) is 0 Å². The normalized spacial score (nSPS) is 15.2. The highest BCUT2D eigenvalue weighted by Gasteiger charge is 2.27. The molecule has 4 nitrogen and oxygen atoms in total. The van der Waals surface area contributed by atoms with Crippen LogP contribution in [0, 0.1) is 5.82 Å². The highest BCUT2D eigenvalue weighted by Crippen LogP contribution is 2.12. The Balaban J connectivity index is 1.99. The van der Waals surface area contributed by atoms with E-state index in [1.54, 1.807) is 17.0 Å². The van der Waals surface area contributed by atoms with Crippen LogP contribution in [0.3, 0.4) is 0 Å². The molecule has 2 amide bonds. The third kappa shape index (κ3) is 2.74. The van der Waals surface area contributed by atoms with Crippen molar-refractivity contribution in [3.05, 3.63) is 30.1 Å². The fourth-order valence-corrected chi connectivity index (χ4v) is 1.82. The maximum atomic E-state index is 13.0. The van der Waals surface area contributed by atoms with Gasteiger partial charge in [-0.25, -0.2) is 9.18 Å². The third-order valence-electron chi connectivity index (χ3n) is 2.88. The van der Waals surface area contributed by atoms with Crippen molar-refractivity contribution in [2.75, 3.05) is 25.0 Å². The van der Waals surface area contributed by atoms with E-state index >= 15 is 0 Å². The van der Waals surface area contributed by atoms with Crippen molar-refractivity contribution in [2.24, 2.45) is 0 Å². The maximum absolute atomic E-state index is 13.0. The van der Waals surface area contributed by atoms with E-state index in [4.69, 9.17) is 0 Å². The minimum Gasteiger partial charge on any atom is -0.319 e. The Kier molecular flexibility index (Phi) is 3.58. The van der Waals surface area contributed by atoms with Gasteiger partial charge < -0.3 is 15.5 Å². The minimum atomic E-state index is -0.351. The average Bonchev–Trinajstić information content (AvgIpc) is 2.22. The minimum absolute atomic E-state index is 0.176. The molecule has 0 aliphatic carbocycles. The van der Waals surface area contributed by atoms with Crippen LogP contribution in [-0.4, -0.2) is 36.6 Å². The number of nitrogens with zero attached hydrogens (tertiary/aromatic N) is 1. The van der Waals surface area contributed by atoms with E-state index in [1.165, 1.54) is 12.1 Å². The van der Waals surface area contributed by atoms with Crippen LogP contribution in [0.25, 0.3) is 0 Å². The number of carbonyl (C=O) groups is 1. The summed E-state index contributed by atoms with van der Waals surface area (Å²) in [7, 11) is 0. The van der Waals surface area contributed by atoms with Crippen molar-refractivity contribution in [1.29, 1.82) is 0 Å². The van der Waals surface area contributed by atoms with Crippen LogP contribution in [-0.2, 0) is 0 Å². The summed E-state index contributed by atoms with van der Waals surface area (Å²) in [4.78, 5) is 13.7. The van der Waals surface area contributed by atoms with Crippen molar-refractivity contribution in [3.8, 4) is 0 Å². The van der Waals surface area contributed by atoms with Gasteiger partial charge in [-0.15, -0.1) is 0 Å². The van der Waals surface area contributed by atoms with Gasteiger partial charge in [-0.2, -0.15) is 0 Å². The molecule has 0 spiro atoms. The largest absolute Gasteiger partial charge is 0.322 e. The Morgan fingerprint density at radius 3 is 2.88 bits per heavy atom. The fraction of sp³-hybridized carbons (Fsp3) is 0.417. The number of rotatable bonds is 3. The zero-order valence-corrected chi connectivity index (χ0v) is 9.74. The number of anilines is 1. The maximum Gasteiger partial charge on any atom is 0.322 e. The van der Waals surface area contributed by atoms with E-state index in [0.717, 1.165) is 13.1 Å². The number of hydrogen-bond donors (Lipinski definition) is 2. The van der Waals surface area contributed by atoms with Crippen molar-refractivity contribution in [1.82, 2.24) is 10.2 Å². The number of benzene rings is 1. The molecule has 0 aromatic heterocycles. The third-order valence-corrected chi connectivity index (χ3v) is 2.88. The van der Waals surface area contributed by atoms with E-state index in [9.17, 15) is 9.18 Å². The lowest BCUT2D eigenvalue weighted by Gasteiger charge is -2.37. The first-order chi connectivity index (χ1) is 8.20. The van der Waals surface area contributed by atoms with Crippen LogP contribution >= 0.6 is 0 Å². The van der Waals surface area contributed by atoms with Crippen molar-refractivity contribution < 1.29 is 9.18 Å². The van der Waals surface area contributed by atoms with Crippen LogP contribution in [0.15, 0.2) is 24.3 Å². The van der Waals surface area contributed by atoms with Crippen molar-refractivity contribution in [3.63, 3.8) is 0 Å². The van der Waals surface area contributed by atoms with Crippen LogP contribution in [0.4, 0.5) is 14.9 Å². The van der Waals surface area contributed by atoms with E-state index in [1.807, 2.05) is 6.92 Å². The van der Waals surface area contributed by atoms with E-state index < -0.39 is 0 Å². The van der Waals surface area contributed by atoms with Crippen molar-refractivity contribution in [2.45, 2.75) is 13.0 Å². The molecular weight excluding hydrogens is 221 g/mol. The first-order valence-electron chi connectivity index (χ1n) is 5.74. The molecule has 17 heavy (non-hydrogen) atoms. The second-order valence-electron chi connectivity index (χ2n) is 4.04. The topological polar surface area (TPSA) is 44.4 Å². The summed E-state index contributed by atoms with van der Waals surface area (Å²) in [5, 5.41) is 5.82. The lowest BCUT2D eigenvalue weighted by atomic mass is 10.1. The Morgan fingerprint density at radius 2 is 2.35 bits per heavy atom. The predicted molar refractivity (Wildman–Crippen MR) is 64.5 cm³/mol. The summed E-state index contributed by atoms with van der Waals surface area (Å²) in [6, 6.07) is 5.98. The number of halogens is 1. The lowest BCUT2D eigenvalue weighted by molar-refractivity contribution is 0.165. The van der Waals surface area contributed by atoms with Gasteiger partial charge in [0.25, 0.3) is 0 Å². The van der Waals surface area contributed by atoms with Gasteiger partial charge in [0, 0.05) is 25.3 Å². The molecule has 1 fully saturated rings. The van der Waals surface area contributed by atoms with Gasteiger partial charge in [0.05, 0.1) is 6.04 Å². The van der Waals surface area contributed by atoms with Crippen molar-refractivity contribution >= 4 is 11.7 Å². The molecule has 0 saturated carbocycles. The fourth-order valence-electron chi connectivity index (χ4n) is 1.82. The molecule has 5 heteroatoms. The quantitative estimate of drug-likeness (QED) is 0.839. The standard InChI is InChI=1S/C12H16FN3O/c1-2-16(11-7-14-8-11)12(17)15-10-5-3-4-9(13)6-10/h3-6,11,14H,2,7-8H2,1H3,(H,15,17). The smallest absolute Gasteiger partial charge is 0.319 e. The molecule has 1 saturated heterocycles. The zero-order chi connectivity index (χ0) is 12.3. The lowest BCUT2D eigenvalue weighted by Crippen LogP contribution is -2.59. The Morgan fingerprint density at radius 1 is 1.59 bits per heavy atom. The van der Waals surface area contributed by atoms with Crippen LogP contribution < -0.4 is 10.6 Å². The van der Waals surface area contributed by atoms with E-state index in [2.05, 4.69) is 10.6 Å². The summed E-state index contributed by atoms with van der Waals surface area (Å²) < 4.78 is 13.0. The molecule has 2 N–H and O–H groups in total. The first kappa shape index (κ1) is 11.9. The molecule has 1 aromatic rings. The second kappa shape index (κ2) is 5.14. The van der Waals surface area contributed by atoms with Crippen LogP contribution in [0.2, 0.25) is 0 Å². The van der Waals surface area contributed by atoms with Gasteiger partial charge in [-0.1, -0.05) is 6.07 Å². The number of urea groups is 1. The first-order valence-corrected chi connectivity index (χ1v) is 5.74. The Labute approximate surface area is 99.8 Å². The Bertz CT molecular complexity index is 406. The molecule has 0 atom stereocenters. The molecule has 2 rings (SSSR count). The second-order valence-corrected chi connectivity index (χ2v) is 4.04. The monoisotopic (exact) mass is 237 g/mol. The summed E-state index contributed by atoms with van der Waals surface area (Å²) >= 11 is 0. The van der Waals surface area contributed by atoms with Crippen LogP contribution in [0.1, 0.15) is 6.92 Å². The van der Waals surface area contributed by atoms with Gasteiger partial charge in [0.15, 0.2) is 0 Å². The van der Waals surface area contributed by atoms with Crippen LogP contribution in [0.5, 0.6) is 0 Å². The van der Waals surface area contributed by atoms with Gasteiger partial charge in [0.1, 0.15) is 5.82 Å². The van der Waals surface area contributed by atoms with Gasteiger partial charge in [0.2, 0.25) is 0 Å². The van der Waals surface area contributed by atoms with E-state index in [-0.39, 0.29) is 17.9 Å². The molecule has 0 bridgehead atoms. The highest BCUT2D eigenvalue weighted by atomic mass is 19.1. The molecule has 1 aliphatic heterocycles. The average molecular weight is 237 g/mol. The Hall–Kier alpha value is -1.62.